The Morgan fingerprint density at radius 2 is 1.73 bits per heavy atom. The van der Waals surface area contributed by atoms with Crippen LogP contribution < -0.4 is 14.8 Å². The summed E-state index contributed by atoms with van der Waals surface area (Å²) in [5.74, 6) is 0.219. The van der Waals surface area contributed by atoms with Crippen LogP contribution in [0.3, 0.4) is 0 Å². The topological polar surface area (TPSA) is 26.6 Å². The number of nitrogens with zero attached hydrogens (tertiary/aromatic N) is 3. The summed E-state index contributed by atoms with van der Waals surface area (Å²) in [5, 5.41) is 2.71. The molecule has 1 aromatic heterocycles. The van der Waals surface area contributed by atoms with Crippen LogP contribution in [0.4, 0.5) is 5.69 Å². The third-order valence-electron chi connectivity index (χ3n) is 8.41. The van der Waals surface area contributed by atoms with Gasteiger partial charge in [-0.05, 0) is 0 Å². The van der Waals surface area contributed by atoms with E-state index in [2.05, 4.69) is 64.9 Å². The van der Waals surface area contributed by atoms with E-state index in [4.69, 9.17) is 0 Å². The van der Waals surface area contributed by atoms with Crippen molar-refractivity contribution in [1.29, 1.82) is 0 Å². The first kappa shape index (κ1) is 23.7. The third-order valence-corrected chi connectivity index (χ3v) is 12.1. The molecule has 5 heterocycles. The van der Waals surface area contributed by atoms with E-state index in [1.165, 1.54) is 76.4 Å². The van der Waals surface area contributed by atoms with Gasteiger partial charge in [-0.3, -0.25) is 0 Å². The number of thiophene rings is 1. The molecule has 0 bridgehead atoms. The van der Waals surface area contributed by atoms with Gasteiger partial charge in [0.1, 0.15) is 0 Å². The number of piperidine rings is 1. The van der Waals surface area contributed by atoms with Gasteiger partial charge in [-0.2, -0.15) is 0 Å². The van der Waals surface area contributed by atoms with Gasteiger partial charge in [-0.1, -0.05) is 0 Å². The number of anilines is 1. The molecule has 4 aliphatic heterocycles. The maximum atomic E-state index is 13.4. The second-order valence-electron chi connectivity index (χ2n) is 11.0. The quantitative estimate of drug-likeness (QED) is 0.189. The van der Waals surface area contributed by atoms with E-state index in [0.29, 0.717) is 0 Å². The number of hydrogen-bond donors (Lipinski definition) is 0. The molecule has 0 N–H and O–H groups in total. The number of aryl methyl sites for hydroxylation is 2. The Kier molecular flexibility index (Phi) is 6.03. The SMILES string of the molecule is C[N+](C)=c1ccc2c(-c3ccc(C(=O)N4CCCCC4)s3)c3cc4c5c(c3[se]c-2c1)CCCN5CCC4. The van der Waals surface area contributed by atoms with Gasteiger partial charge in [0, 0.05) is 0 Å². The van der Waals surface area contributed by atoms with Crippen LogP contribution in [0.2, 0.25) is 0 Å². The number of carbonyl (C=O) groups excluding carboxylic acids is 1. The van der Waals surface area contributed by atoms with Crippen molar-refractivity contribution in [2.24, 2.45) is 0 Å². The number of likely N-dealkylation sites (tertiary alicyclic amines) is 1. The van der Waals surface area contributed by atoms with Crippen LogP contribution in [0.5, 0.6) is 0 Å². The van der Waals surface area contributed by atoms with Crippen molar-refractivity contribution >= 4 is 47.1 Å². The predicted octanol–water partition coefficient (Wildman–Crippen LogP) is 5.09. The first-order valence-corrected chi connectivity index (χ1v) is 16.3. The second kappa shape index (κ2) is 9.41. The van der Waals surface area contributed by atoms with E-state index in [1.54, 1.807) is 32.4 Å². The van der Waals surface area contributed by atoms with Gasteiger partial charge >= 0.3 is 230 Å². The van der Waals surface area contributed by atoms with E-state index in [9.17, 15) is 4.79 Å². The minimum atomic E-state index is 0.219. The van der Waals surface area contributed by atoms with Crippen molar-refractivity contribution < 1.29 is 4.79 Å². The average molecular weight is 576 g/mol. The number of rotatable bonds is 2. The molecular weight excluding hydrogens is 541 g/mol. The van der Waals surface area contributed by atoms with Crippen LogP contribution in [-0.4, -0.2) is 65.6 Å². The molecule has 0 spiro atoms. The molecule has 0 unspecified atom stereocenters. The predicted molar refractivity (Wildman–Crippen MR) is 157 cm³/mol. The van der Waals surface area contributed by atoms with Gasteiger partial charge in [-0.25, -0.2) is 0 Å². The molecule has 37 heavy (non-hydrogen) atoms. The van der Waals surface area contributed by atoms with Gasteiger partial charge in [-0.15, -0.1) is 0 Å². The number of carbonyl (C=O) groups is 1. The summed E-state index contributed by atoms with van der Waals surface area (Å²) in [6, 6.07) is 13.9. The fraction of sp³-hybridized carbons (Fsp3) is 0.419. The van der Waals surface area contributed by atoms with Crippen LogP contribution in [0.25, 0.3) is 30.1 Å². The Hall–Kier alpha value is -2.40. The second-order valence-corrected chi connectivity index (χ2v) is 14.3. The molecule has 7 rings (SSSR count). The van der Waals surface area contributed by atoms with Crippen LogP contribution in [0.1, 0.15) is 52.9 Å². The first-order chi connectivity index (χ1) is 18.1. The monoisotopic (exact) mass is 576 g/mol. The van der Waals surface area contributed by atoms with Crippen molar-refractivity contribution in [3.8, 4) is 20.4 Å². The maximum absolute atomic E-state index is 13.4. The molecule has 0 atom stereocenters. The molecule has 1 saturated heterocycles. The summed E-state index contributed by atoms with van der Waals surface area (Å²) < 4.78 is 5.28. The fourth-order valence-corrected chi connectivity index (χ4v) is 10.3. The number of amides is 1. The Balaban J connectivity index is 1.48. The standard InChI is InChI=1S/C31H34N3OSSe/c1-32(2)21-10-11-22-27(19-21)37-30-23-9-7-17-33-16-6-8-20(29(23)33)18-24(30)28(22)25-12-13-26(36-25)31(35)34-14-4-3-5-15-34/h10-13,18-19H,3-9,14-17H2,1-2H3/q+1. The Morgan fingerprint density at radius 1 is 0.919 bits per heavy atom. The molecule has 0 saturated carbocycles. The molecule has 1 aromatic carbocycles. The molecular formula is C31H34N3OSSe+. The summed E-state index contributed by atoms with van der Waals surface area (Å²) in [6.45, 7) is 4.21. The molecule has 1 fully saturated rings. The van der Waals surface area contributed by atoms with E-state index in [0.717, 1.165) is 30.8 Å². The van der Waals surface area contributed by atoms with E-state index in [-0.39, 0.29) is 20.4 Å². The van der Waals surface area contributed by atoms with Gasteiger partial charge < -0.3 is 0 Å². The first-order valence-electron chi connectivity index (χ1n) is 13.8. The summed E-state index contributed by atoms with van der Waals surface area (Å²) in [5.41, 5.74) is 7.46. The minimum absolute atomic E-state index is 0.219. The zero-order valence-corrected chi connectivity index (χ0v) is 24.3. The van der Waals surface area contributed by atoms with Gasteiger partial charge in [0.05, 0.1) is 0 Å². The van der Waals surface area contributed by atoms with E-state index in [1.807, 2.05) is 0 Å². The van der Waals surface area contributed by atoms with Crippen molar-refractivity contribution in [2.45, 2.75) is 44.9 Å². The van der Waals surface area contributed by atoms with Crippen LogP contribution in [-0.2, 0) is 12.8 Å². The molecule has 190 valence electrons. The molecule has 6 heteroatoms. The Labute approximate surface area is 228 Å². The molecule has 0 radical (unpaired) electrons. The van der Waals surface area contributed by atoms with Crippen molar-refractivity contribution in [2.75, 3.05) is 45.2 Å². The summed E-state index contributed by atoms with van der Waals surface area (Å²) in [6.07, 6.45) is 8.39. The van der Waals surface area contributed by atoms with Crippen molar-refractivity contribution in [3.63, 3.8) is 0 Å². The normalized spacial score (nSPS) is 17.4. The Morgan fingerprint density at radius 3 is 2.54 bits per heavy atom. The van der Waals surface area contributed by atoms with Gasteiger partial charge in [0.25, 0.3) is 0 Å². The summed E-state index contributed by atoms with van der Waals surface area (Å²) >= 11 is 1.97. The molecule has 5 aliphatic rings. The van der Waals surface area contributed by atoms with E-state index >= 15 is 0 Å². The third kappa shape index (κ3) is 4.00. The summed E-state index contributed by atoms with van der Waals surface area (Å²) in [4.78, 5) is 20.2. The van der Waals surface area contributed by atoms with Gasteiger partial charge in [0.2, 0.25) is 0 Å². The molecule has 1 amide bonds. The average Bonchev–Trinajstić information content (AvgIpc) is 3.42. The van der Waals surface area contributed by atoms with Crippen LogP contribution in [0, 0.1) is 0 Å². The molecule has 1 aliphatic carbocycles. The Bertz CT molecular complexity index is 1570. The van der Waals surface area contributed by atoms with Crippen LogP contribution >= 0.6 is 11.3 Å². The van der Waals surface area contributed by atoms with Gasteiger partial charge in [0.15, 0.2) is 0 Å². The zero-order chi connectivity index (χ0) is 25.1. The fourth-order valence-electron chi connectivity index (χ4n) is 6.57. The van der Waals surface area contributed by atoms with Crippen LogP contribution in [0.15, 0.2) is 36.4 Å². The number of fused-ring (bicyclic) bond motifs is 3. The molecule has 4 nitrogen and oxygen atoms in total. The molecule has 2 aromatic rings. The summed E-state index contributed by atoms with van der Waals surface area (Å²) in [7, 11) is 4.26. The number of benzene rings is 2. The van der Waals surface area contributed by atoms with E-state index < -0.39 is 0 Å². The zero-order valence-electron chi connectivity index (χ0n) is 21.8. The van der Waals surface area contributed by atoms with Crippen molar-refractivity contribution in [3.05, 3.63) is 57.8 Å². The van der Waals surface area contributed by atoms with Crippen molar-refractivity contribution in [1.82, 2.24) is 9.48 Å². The number of hydrogen-bond acceptors (Lipinski definition) is 3.